The normalized spacial score (nSPS) is 12.3. The molecule has 53 heavy (non-hydrogen) atoms. The van der Waals surface area contributed by atoms with E-state index in [0.717, 1.165) is 24.3 Å². The highest BCUT2D eigenvalue weighted by molar-refractivity contribution is 7.26. The van der Waals surface area contributed by atoms with Gasteiger partial charge in [-0.3, -0.25) is 0 Å². The number of hydrogen-bond donors (Lipinski definition) is 0. The molecule has 0 aliphatic rings. The Labute approximate surface area is 290 Å². The Morgan fingerprint density at radius 1 is 0.377 bits per heavy atom. The lowest BCUT2D eigenvalue weighted by Crippen LogP contribution is -1.98. The standard InChI is InChI=1S/C36H6F14OS2/c37-18-12(33-14(20(39)24(18)43)16-22(41)26(45)28(47)30(49)35(16)52-33)7-4-5-11-10(6-7)8-2-1-3-9(32(8)51-11)13-19(38)25(44)21(40)15-17-23(42)27(46)29(48)31(50)36(17)53-34(13)15/h1-6H. The van der Waals surface area contributed by atoms with E-state index < -0.39 is 133 Å². The van der Waals surface area contributed by atoms with Crippen LogP contribution in [0, 0.1) is 81.4 Å². The molecule has 9 aromatic rings. The summed E-state index contributed by atoms with van der Waals surface area (Å²) in [7, 11) is 0. The number of furan rings is 1. The summed E-state index contributed by atoms with van der Waals surface area (Å²) in [6.45, 7) is 0. The molecule has 3 heterocycles. The zero-order chi connectivity index (χ0) is 37.7. The van der Waals surface area contributed by atoms with Crippen LogP contribution in [0.5, 0.6) is 0 Å². The monoisotopic (exact) mass is 784 g/mol. The molecule has 0 aliphatic carbocycles. The second kappa shape index (κ2) is 11.1. The minimum Gasteiger partial charge on any atom is -0.455 e. The van der Waals surface area contributed by atoms with Crippen LogP contribution in [0.1, 0.15) is 0 Å². The summed E-state index contributed by atoms with van der Waals surface area (Å²) >= 11 is 0.199. The van der Waals surface area contributed by atoms with Crippen molar-refractivity contribution in [1.29, 1.82) is 0 Å². The van der Waals surface area contributed by atoms with E-state index in [2.05, 4.69) is 0 Å². The summed E-state index contributed by atoms with van der Waals surface area (Å²) < 4.78 is 210. The number of halogens is 14. The van der Waals surface area contributed by atoms with Crippen LogP contribution < -0.4 is 0 Å². The van der Waals surface area contributed by atoms with Gasteiger partial charge in [-0.05, 0) is 17.7 Å². The third kappa shape index (κ3) is 4.14. The molecule has 0 radical (unpaired) electrons. The molecule has 0 atom stereocenters. The van der Waals surface area contributed by atoms with Crippen molar-refractivity contribution < 1.29 is 65.9 Å². The maximum atomic E-state index is 15.7. The molecule has 0 spiro atoms. The average molecular weight is 785 g/mol. The van der Waals surface area contributed by atoms with E-state index in [1.54, 1.807) is 0 Å². The first kappa shape index (κ1) is 33.4. The number of rotatable bonds is 2. The van der Waals surface area contributed by atoms with Crippen LogP contribution in [-0.2, 0) is 0 Å². The second-order valence-corrected chi connectivity index (χ2v) is 13.7. The number of fused-ring (bicyclic) bond motifs is 9. The molecule has 0 unspecified atom stereocenters. The highest BCUT2D eigenvalue weighted by Crippen LogP contribution is 2.50. The molecule has 9 rings (SSSR count). The molecule has 266 valence electrons. The molecule has 0 fully saturated rings. The summed E-state index contributed by atoms with van der Waals surface area (Å²) in [6, 6.07) is 7.10. The van der Waals surface area contributed by atoms with Gasteiger partial charge >= 0.3 is 0 Å². The lowest BCUT2D eigenvalue weighted by molar-refractivity contribution is 0.418. The third-order valence-electron chi connectivity index (χ3n) is 8.97. The summed E-state index contributed by atoms with van der Waals surface area (Å²) in [5, 5.41) is -4.51. The van der Waals surface area contributed by atoms with Gasteiger partial charge in [-0.25, -0.2) is 61.5 Å². The molecule has 3 aromatic heterocycles. The molecule has 1 nitrogen and oxygen atoms in total. The van der Waals surface area contributed by atoms with E-state index >= 15 is 26.3 Å². The predicted molar refractivity (Wildman–Crippen MR) is 170 cm³/mol. The van der Waals surface area contributed by atoms with Gasteiger partial charge in [-0.1, -0.05) is 24.3 Å². The summed E-state index contributed by atoms with van der Waals surface area (Å²) in [5.74, 6) is -29.2. The van der Waals surface area contributed by atoms with Crippen LogP contribution in [0.25, 0.3) is 84.5 Å². The van der Waals surface area contributed by atoms with Crippen LogP contribution in [0.3, 0.4) is 0 Å². The fraction of sp³-hybridized carbons (Fsp3) is 0. The lowest BCUT2D eigenvalue weighted by Gasteiger charge is -2.09. The minimum atomic E-state index is -2.32. The average Bonchev–Trinajstić information content (AvgIpc) is 3.85. The molecule has 0 saturated carbocycles. The van der Waals surface area contributed by atoms with Gasteiger partial charge in [0.05, 0.1) is 9.40 Å². The molecule has 0 bridgehead atoms. The maximum absolute atomic E-state index is 15.7. The molecule has 17 heteroatoms. The van der Waals surface area contributed by atoms with E-state index in [0.29, 0.717) is 0 Å². The summed E-state index contributed by atoms with van der Waals surface area (Å²) in [6.07, 6.45) is 0. The molecule has 0 amide bonds. The Bertz CT molecular complexity index is 3180. The van der Waals surface area contributed by atoms with Gasteiger partial charge < -0.3 is 4.42 Å². The van der Waals surface area contributed by atoms with Crippen molar-refractivity contribution in [3.05, 3.63) is 118 Å². The number of hydrogen-bond acceptors (Lipinski definition) is 3. The van der Waals surface area contributed by atoms with Crippen molar-refractivity contribution in [2.24, 2.45) is 0 Å². The zero-order valence-electron chi connectivity index (χ0n) is 25.0. The SMILES string of the molecule is Fc1c(F)c(F)c2c(sc3c(-c4ccc5oc6c(-c7c(F)c(F)c(F)c8c7sc7c(F)c(F)c(F)c(F)c78)cccc6c5c4)c(F)c(F)c(F)c32)c1F. The predicted octanol–water partition coefficient (Wildman–Crippen LogP) is 13.6. The van der Waals surface area contributed by atoms with Crippen LogP contribution in [0.2, 0.25) is 0 Å². The van der Waals surface area contributed by atoms with Gasteiger partial charge in [0, 0.05) is 58.4 Å². The van der Waals surface area contributed by atoms with Crippen molar-refractivity contribution >= 4 is 85.0 Å². The quantitative estimate of drug-likeness (QED) is 0.0967. The fourth-order valence-electron chi connectivity index (χ4n) is 6.65. The Kier molecular flexibility index (Phi) is 6.97. The van der Waals surface area contributed by atoms with Crippen molar-refractivity contribution in [2.75, 3.05) is 0 Å². The van der Waals surface area contributed by atoms with Crippen LogP contribution in [0.4, 0.5) is 61.5 Å². The van der Waals surface area contributed by atoms with Gasteiger partial charge in [0.1, 0.15) is 11.2 Å². The summed E-state index contributed by atoms with van der Waals surface area (Å²) in [5.41, 5.74) is -2.64. The summed E-state index contributed by atoms with van der Waals surface area (Å²) in [4.78, 5) is 0. The second-order valence-electron chi connectivity index (χ2n) is 11.7. The molecular weight excluding hydrogens is 779 g/mol. The van der Waals surface area contributed by atoms with Crippen molar-refractivity contribution in [1.82, 2.24) is 0 Å². The van der Waals surface area contributed by atoms with Crippen LogP contribution >= 0.6 is 22.7 Å². The first-order valence-corrected chi connectivity index (χ1v) is 16.2. The Morgan fingerprint density at radius 2 is 0.811 bits per heavy atom. The highest BCUT2D eigenvalue weighted by Gasteiger charge is 2.33. The van der Waals surface area contributed by atoms with Gasteiger partial charge in [0.2, 0.25) is 0 Å². The zero-order valence-corrected chi connectivity index (χ0v) is 26.6. The first-order valence-electron chi connectivity index (χ1n) is 14.6. The van der Waals surface area contributed by atoms with Crippen molar-refractivity contribution in [3.8, 4) is 22.3 Å². The van der Waals surface area contributed by atoms with Gasteiger partial charge in [-0.2, -0.15) is 0 Å². The van der Waals surface area contributed by atoms with E-state index in [1.807, 2.05) is 0 Å². The molecule has 6 aromatic carbocycles. The van der Waals surface area contributed by atoms with Crippen LogP contribution in [0.15, 0.2) is 40.8 Å². The lowest BCUT2D eigenvalue weighted by atomic mass is 9.97. The van der Waals surface area contributed by atoms with Gasteiger partial charge in [-0.15, -0.1) is 22.7 Å². The molecule has 0 saturated heterocycles. The smallest absolute Gasteiger partial charge is 0.198 e. The van der Waals surface area contributed by atoms with Gasteiger partial charge in [0.25, 0.3) is 0 Å². The van der Waals surface area contributed by atoms with E-state index in [1.165, 1.54) is 12.1 Å². The Balaban J connectivity index is 1.34. The largest absolute Gasteiger partial charge is 0.455 e. The number of thiophene rings is 2. The highest BCUT2D eigenvalue weighted by atomic mass is 32.1. The molecular formula is C36H6F14OS2. The van der Waals surface area contributed by atoms with Crippen molar-refractivity contribution in [2.45, 2.75) is 0 Å². The maximum Gasteiger partial charge on any atom is 0.198 e. The Hall–Kier alpha value is -5.42. The topological polar surface area (TPSA) is 13.1 Å². The van der Waals surface area contributed by atoms with Crippen LogP contribution in [-0.4, -0.2) is 0 Å². The van der Waals surface area contributed by atoms with Gasteiger partial charge in [0.15, 0.2) is 81.4 Å². The van der Waals surface area contributed by atoms with E-state index in [9.17, 15) is 35.1 Å². The fourth-order valence-corrected chi connectivity index (χ4v) is 9.20. The molecule has 0 N–H and O–H groups in total. The minimum absolute atomic E-state index is 0.0176. The number of benzene rings is 6. The number of para-hydroxylation sites is 1. The first-order chi connectivity index (χ1) is 25.1. The third-order valence-corrected chi connectivity index (χ3v) is 11.4. The van der Waals surface area contributed by atoms with E-state index in [-0.39, 0.29) is 55.7 Å². The Morgan fingerprint density at radius 3 is 1.34 bits per heavy atom. The van der Waals surface area contributed by atoms with Crippen molar-refractivity contribution in [3.63, 3.8) is 0 Å². The van der Waals surface area contributed by atoms with E-state index in [4.69, 9.17) is 4.42 Å². The molecule has 0 aliphatic heterocycles.